The molecule has 2 nitrogen and oxygen atoms in total. The van der Waals surface area contributed by atoms with Gasteiger partial charge in [0.1, 0.15) is 0 Å². The van der Waals surface area contributed by atoms with Crippen molar-refractivity contribution in [2.75, 3.05) is 31.5 Å². The summed E-state index contributed by atoms with van der Waals surface area (Å²) in [5.41, 5.74) is 3.74. The highest BCUT2D eigenvalue weighted by Gasteiger charge is 2.18. The van der Waals surface area contributed by atoms with Crippen LogP contribution in [-0.2, 0) is 6.42 Å². The molecule has 4 heteroatoms. The zero-order valence-electron chi connectivity index (χ0n) is 15.6. The molecule has 1 aliphatic rings. The van der Waals surface area contributed by atoms with Crippen LogP contribution in [0.4, 0.5) is 5.69 Å². The molecule has 0 saturated carbocycles. The lowest BCUT2D eigenvalue weighted by molar-refractivity contribution is 0.183. The second kappa shape index (κ2) is 10.8. The lowest BCUT2D eigenvalue weighted by Crippen LogP contribution is -2.35. The summed E-state index contributed by atoms with van der Waals surface area (Å²) in [6.07, 6.45) is 5.07. The number of benzene rings is 2. The summed E-state index contributed by atoms with van der Waals surface area (Å²) in [5.74, 6) is 0.853. The largest absolute Gasteiger partial charge is 0.385 e. The van der Waals surface area contributed by atoms with Crippen molar-refractivity contribution >= 4 is 29.7 Å². The lowest BCUT2D eigenvalue weighted by atomic mass is 9.90. The predicted octanol–water partition coefficient (Wildman–Crippen LogP) is 5.83. The van der Waals surface area contributed by atoms with Gasteiger partial charge < -0.3 is 10.2 Å². The smallest absolute Gasteiger partial charge is 0.0455 e. The van der Waals surface area contributed by atoms with E-state index in [4.69, 9.17) is 11.6 Å². The van der Waals surface area contributed by atoms with E-state index in [9.17, 15) is 0 Å². The highest BCUT2D eigenvalue weighted by atomic mass is 35.5. The summed E-state index contributed by atoms with van der Waals surface area (Å²) in [7, 11) is 0. The van der Waals surface area contributed by atoms with Gasteiger partial charge in [-0.05, 0) is 81.4 Å². The highest BCUT2D eigenvalue weighted by Crippen LogP contribution is 2.22. The molecule has 0 aliphatic carbocycles. The Kier molecular flexibility index (Phi) is 8.77. The van der Waals surface area contributed by atoms with Crippen molar-refractivity contribution in [1.29, 1.82) is 0 Å². The molecule has 0 unspecified atom stereocenters. The number of piperidine rings is 1. The molecule has 2 aromatic rings. The molecular formula is C22H30Cl2N2. The zero-order chi connectivity index (χ0) is 17.5. The van der Waals surface area contributed by atoms with Gasteiger partial charge in [0.2, 0.25) is 0 Å². The zero-order valence-corrected chi connectivity index (χ0v) is 17.2. The average molecular weight is 393 g/mol. The molecule has 142 valence electrons. The van der Waals surface area contributed by atoms with E-state index < -0.39 is 0 Å². The first-order chi connectivity index (χ1) is 12.2. The first kappa shape index (κ1) is 21.1. The van der Waals surface area contributed by atoms with Gasteiger partial charge in [-0.25, -0.2) is 0 Å². The van der Waals surface area contributed by atoms with Crippen LogP contribution in [0.25, 0.3) is 0 Å². The van der Waals surface area contributed by atoms with Crippen molar-refractivity contribution in [1.82, 2.24) is 4.90 Å². The van der Waals surface area contributed by atoms with E-state index in [0.29, 0.717) is 0 Å². The lowest BCUT2D eigenvalue weighted by Gasteiger charge is -2.32. The molecular weight excluding hydrogens is 363 g/mol. The molecule has 0 bridgehead atoms. The Morgan fingerprint density at radius 2 is 1.81 bits per heavy atom. The van der Waals surface area contributed by atoms with Gasteiger partial charge in [0.15, 0.2) is 0 Å². The SMILES string of the molecule is Cc1ccc(NCCCN2CCC(Cc3ccccc3)CC2)cc1Cl.Cl. The number of aryl methyl sites for hydroxylation is 1. The first-order valence-corrected chi connectivity index (χ1v) is 9.85. The minimum atomic E-state index is 0. The van der Waals surface area contributed by atoms with E-state index in [1.165, 1.54) is 50.9 Å². The highest BCUT2D eigenvalue weighted by molar-refractivity contribution is 6.31. The summed E-state index contributed by atoms with van der Waals surface area (Å²) in [5, 5.41) is 4.32. The van der Waals surface area contributed by atoms with Crippen LogP contribution >= 0.6 is 24.0 Å². The Hall–Kier alpha value is -1.22. The van der Waals surface area contributed by atoms with Gasteiger partial charge in [-0.3, -0.25) is 0 Å². The number of hydrogen-bond donors (Lipinski definition) is 1. The molecule has 1 saturated heterocycles. The number of anilines is 1. The van der Waals surface area contributed by atoms with E-state index in [1.54, 1.807) is 0 Å². The number of nitrogens with zero attached hydrogens (tertiary/aromatic N) is 1. The first-order valence-electron chi connectivity index (χ1n) is 9.47. The third-order valence-corrected chi connectivity index (χ3v) is 5.63. The standard InChI is InChI=1S/C22H29ClN2.ClH/c1-18-8-9-21(17-22(18)23)24-12-5-13-25-14-10-20(11-15-25)16-19-6-3-2-4-7-19;/h2-4,6-9,17,20,24H,5,10-16H2,1H3;1H. The van der Waals surface area contributed by atoms with Crippen molar-refractivity contribution in [3.8, 4) is 0 Å². The third kappa shape index (κ3) is 6.50. The second-order valence-corrected chi connectivity index (χ2v) is 7.63. The molecule has 1 N–H and O–H groups in total. The van der Waals surface area contributed by atoms with E-state index in [-0.39, 0.29) is 12.4 Å². The third-order valence-electron chi connectivity index (χ3n) is 5.23. The molecule has 26 heavy (non-hydrogen) atoms. The Morgan fingerprint density at radius 3 is 2.50 bits per heavy atom. The Labute approximate surface area is 169 Å². The average Bonchev–Trinajstić information content (AvgIpc) is 2.64. The molecule has 1 heterocycles. The fraction of sp³-hybridized carbons (Fsp3) is 0.455. The van der Waals surface area contributed by atoms with Gasteiger partial charge in [0.25, 0.3) is 0 Å². The van der Waals surface area contributed by atoms with Crippen LogP contribution in [0.3, 0.4) is 0 Å². The van der Waals surface area contributed by atoms with E-state index in [2.05, 4.69) is 52.7 Å². The minimum Gasteiger partial charge on any atom is -0.385 e. The summed E-state index contributed by atoms with van der Waals surface area (Å²) in [6.45, 7) is 6.71. The number of nitrogens with one attached hydrogen (secondary N) is 1. The number of hydrogen-bond acceptors (Lipinski definition) is 2. The quantitative estimate of drug-likeness (QED) is 0.596. The normalized spacial score (nSPS) is 15.5. The van der Waals surface area contributed by atoms with Crippen LogP contribution in [0.15, 0.2) is 48.5 Å². The number of halogens is 2. The van der Waals surface area contributed by atoms with Crippen molar-refractivity contribution in [3.05, 3.63) is 64.7 Å². The maximum Gasteiger partial charge on any atom is 0.0455 e. The maximum atomic E-state index is 6.17. The Bertz CT molecular complexity index is 652. The molecule has 3 rings (SSSR count). The van der Waals surface area contributed by atoms with E-state index >= 15 is 0 Å². The van der Waals surface area contributed by atoms with Gasteiger partial charge in [-0.15, -0.1) is 12.4 Å². The van der Waals surface area contributed by atoms with Gasteiger partial charge >= 0.3 is 0 Å². The summed E-state index contributed by atoms with van der Waals surface area (Å²) in [6, 6.07) is 17.1. The number of likely N-dealkylation sites (tertiary alicyclic amines) is 1. The van der Waals surface area contributed by atoms with Crippen molar-refractivity contribution < 1.29 is 0 Å². The second-order valence-electron chi connectivity index (χ2n) is 7.22. The monoisotopic (exact) mass is 392 g/mol. The van der Waals surface area contributed by atoms with Crippen LogP contribution in [0.5, 0.6) is 0 Å². The molecule has 1 aliphatic heterocycles. The molecule has 0 spiro atoms. The van der Waals surface area contributed by atoms with Gasteiger partial charge in [-0.1, -0.05) is 48.0 Å². The molecule has 0 atom stereocenters. The van der Waals surface area contributed by atoms with Crippen LogP contribution in [0, 0.1) is 12.8 Å². The van der Waals surface area contributed by atoms with Gasteiger partial charge in [-0.2, -0.15) is 0 Å². The summed E-state index contributed by atoms with van der Waals surface area (Å²) in [4.78, 5) is 2.62. The fourth-order valence-corrected chi connectivity index (χ4v) is 3.78. The predicted molar refractivity (Wildman–Crippen MR) is 116 cm³/mol. The molecule has 1 fully saturated rings. The maximum absolute atomic E-state index is 6.17. The van der Waals surface area contributed by atoms with Crippen molar-refractivity contribution in [2.45, 2.75) is 32.6 Å². The topological polar surface area (TPSA) is 15.3 Å². The Morgan fingerprint density at radius 1 is 1.08 bits per heavy atom. The molecule has 0 radical (unpaired) electrons. The Balaban J connectivity index is 0.00000243. The van der Waals surface area contributed by atoms with Crippen molar-refractivity contribution in [2.24, 2.45) is 5.92 Å². The molecule has 2 aromatic carbocycles. The van der Waals surface area contributed by atoms with Crippen LogP contribution < -0.4 is 5.32 Å². The minimum absolute atomic E-state index is 0. The van der Waals surface area contributed by atoms with E-state index in [1.807, 2.05) is 13.0 Å². The van der Waals surface area contributed by atoms with Gasteiger partial charge in [0, 0.05) is 17.3 Å². The van der Waals surface area contributed by atoms with Crippen LogP contribution in [0.1, 0.15) is 30.4 Å². The van der Waals surface area contributed by atoms with Crippen molar-refractivity contribution in [3.63, 3.8) is 0 Å². The van der Waals surface area contributed by atoms with E-state index in [0.717, 1.165) is 28.7 Å². The number of rotatable bonds is 7. The van der Waals surface area contributed by atoms with Crippen LogP contribution in [0.2, 0.25) is 5.02 Å². The summed E-state index contributed by atoms with van der Waals surface area (Å²) >= 11 is 6.17. The fourth-order valence-electron chi connectivity index (χ4n) is 3.60. The summed E-state index contributed by atoms with van der Waals surface area (Å²) < 4.78 is 0. The molecule has 0 aromatic heterocycles. The molecule has 0 amide bonds. The van der Waals surface area contributed by atoms with Crippen LogP contribution in [-0.4, -0.2) is 31.1 Å². The van der Waals surface area contributed by atoms with Gasteiger partial charge in [0.05, 0.1) is 0 Å².